The van der Waals surface area contributed by atoms with E-state index in [-0.39, 0.29) is 0 Å². The number of benzene rings is 9. The number of anilines is 3. The molecule has 0 heterocycles. The van der Waals surface area contributed by atoms with Crippen molar-refractivity contribution in [2.75, 3.05) is 4.90 Å². The predicted octanol–water partition coefficient (Wildman–Crippen LogP) is 13.1. The third-order valence-electron chi connectivity index (χ3n) is 9.41. The number of fused-ring (bicyclic) bond motifs is 6. The maximum atomic E-state index is 2.36. The summed E-state index contributed by atoms with van der Waals surface area (Å²) in [7, 11) is 0. The maximum absolute atomic E-state index is 2.36. The van der Waals surface area contributed by atoms with Gasteiger partial charge in [0.2, 0.25) is 0 Å². The summed E-state index contributed by atoms with van der Waals surface area (Å²) < 4.78 is 0. The van der Waals surface area contributed by atoms with E-state index in [0.29, 0.717) is 0 Å². The van der Waals surface area contributed by atoms with E-state index < -0.39 is 0 Å². The van der Waals surface area contributed by atoms with Gasteiger partial charge in [0.15, 0.2) is 0 Å². The summed E-state index contributed by atoms with van der Waals surface area (Å²) in [5.41, 5.74) is 8.22. The third-order valence-corrected chi connectivity index (χ3v) is 9.41. The molecule has 0 saturated carbocycles. The van der Waals surface area contributed by atoms with E-state index in [9.17, 15) is 0 Å². The zero-order valence-corrected chi connectivity index (χ0v) is 25.8. The summed E-state index contributed by atoms with van der Waals surface area (Å²) >= 11 is 0. The molecule has 9 aromatic rings. The molecular weight excluding hydrogens is 567 g/mol. The Balaban J connectivity index is 1.09. The molecule has 9 rings (SSSR count). The fourth-order valence-corrected chi connectivity index (χ4v) is 7.00. The molecule has 0 amide bonds. The second-order valence-corrected chi connectivity index (χ2v) is 12.2. The Kier molecular flexibility index (Phi) is 6.54. The summed E-state index contributed by atoms with van der Waals surface area (Å²) in [5.74, 6) is 0. The van der Waals surface area contributed by atoms with E-state index in [0.717, 1.165) is 17.1 Å². The zero-order chi connectivity index (χ0) is 31.2. The Morgan fingerprint density at radius 2 is 0.702 bits per heavy atom. The molecule has 0 aliphatic carbocycles. The molecule has 0 bridgehead atoms. The average molecular weight is 598 g/mol. The lowest BCUT2D eigenvalue weighted by atomic mass is 9.94. The fourth-order valence-electron chi connectivity index (χ4n) is 7.00. The van der Waals surface area contributed by atoms with Gasteiger partial charge in [-0.25, -0.2) is 0 Å². The first-order valence-electron chi connectivity index (χ1n) is 16.2. The van der Waals surface area contributed by atoms with E-state index in [4.69, 9.17) is 0 Å². The second kappa shape index (κ2) is 11.3. The Morgan fingerprint density at radius 3 is 1.38 bits per heavy atom. The van der Waals surface area contributed by atoms with Gasteiger partial charge in [-0.15, -0.1) is 0 Å². The first kappa shape index (κ1) is 27.2. The molecule has 9 aromatic carbocycles. The summed E-state index contributed by atoms with van der Waals surface area (Å²) in [4.78, 5) is 2.33. The molecular formula is C46H31N. The molecule has 47 heavy (non-hydrogen) atoms. The van der Waals surface area contributed by atoms with Crippen molar-refractivity contribution in [3.63, 3.8) is 0 Å². The van der Waals surface area contributed by atoms with Crippen molar-refractivity contribution in [1.82, 2.24) is 0 Å². The van der Waals surface area contributed by atoms with Crippen LogP contribution < -0.4 is 4.90 Å². The van der Waals surface area contributed by atoms with Gasteiger partial charge >= 0.3 is 0 Å². The Hall–Kier alpha value is -6.18. The minimum Gasteiger partial charge on any atom is -0.311 e. The minimum atomic E-state index is 1.12. The van der Waals surface area contributed by atoms with E-state index in [1.54, 1.807) is 0 Å². The van der Waals surface area contributed by atoms with Gasteiger partial charge in [0.25, 0.3) is 0 Å². The first-order valence-corrected chi connectivity index (χ1v) is 16.2. The lowest BCUT2D eigenvalue weighted by Gasteiger charge is -2.26. The second-order valence-electron chi connectivity index (χ2n) is 12.2. The Morgan fingerprint density at radius 1 is 0.255 bits per heavy atom. The van der Waals surface area contributed by atoms with Gasteiger partial charge in [0, 0.05) is 17.1 Å². The van der Waals surface area contributed by atoms with Crippen molar-refractivity contribution < 1.29 is 0 Å². The number of para-hydroxylation sites is 1. The highest BCUT2D eigenvalue weighted by Gasteiger charge is 2.14. The van der Waals surface area contributed by atoms with Crippen LogP contribution in [-0.2, 0) is 0 Å². The van der Waals surface area contributed by atoms with Gasteiger partial charge in [0.1, 0.15) is 0 Å². The van der Waals surface area contributed by atoms with Gasteiger partial charge in [-0.1, -0.05) is 140 Å². The largest absolute Gasteiger partial charge is 0.311 e. The van der Waals surface area contributed by atoms with Gasteiger partial charge in [0.05, 0.1) is 0 Å². The summed E-state index contributed by atoms with van der Waals surface area (Å²) in [6, 6.07) is 68.2. The molecule has 0 saturated heterocycles. The van der Waals surface area contributed by atoms with E-state index in [1.807, 2.05) is 0 Å². The summed E-state index contributed by atoms with van der Waals surface area (Å²) in [6.07, 6.45) is 0. The maximum Gasteiger partial charge on any atom is 0.0462 e. The predicted molar refractivity (Wildman–Crippen MR) is 202 cm³/mol. The minimum absolute atomic E-state index is 1.12. The van der Waals surface area contributed by atoms with Crippen molar-refractivity contribution in [2.45, 2.75) is 0 Å². The van der Waals surface area contributed by atoms with Gasteiger partial charge in [-0.2, -0.15) is 0 Å². The quantitative estimate of drug-likeness (QED) is 0.178. The molecule has 220 valence electrons. The van der Waals surface area contributed by atoms with Crippen LogP contribution in [0.25, 0.3) is 65.3 Å². The normalized spacial score (nSPS) is 11.4. The highest BCUT2D eigenvalue weighted by Crippen LogP contribution is 2.38. The number of hydrogen-bond donors (Lipinski definition) is 0. The van der Waals surface area contributed by atoms with E-state index in [2.05, 4.69) is 193 Å². The first-order chi connectivity index (χ1) is 23.3. The molecule has 0 aliphatic rings. The van der Waals surface area contributed by atoms with Crippen LogP contribution in [-0.4, -0.2) is 0 Å². The van der Waals surface area contributed by atoms with Crippen molar-refractivity contribution in [2.24, 2.45) is 0 Å². The molecule has 0 unspecified atom stereocenters. The van der Waals surface area contributed by atoms with Crippen molar-refractivity contribution in [1.29, 1.82) is 0 Å². The smallest absolute Gasteiger partial charge is 0.0462 e. The SMILES string of the molecule is c1ccc(N(c2ccc(-c3ccc4ccccc4c3)cc2)c2ccc(-c3ccc4ccc5ccc6ccccc6c5c4c3)cc2)cc1. The van der Waals surface area contributed by atoms with Crippen LogP contribution in [0.4, 0.5) is 17.1 Å². The average Bonchev–Trinajstić information content (AvgIpc) is 3.15. The Labute approximate surface area is 274 Å². The molecule has 1 nitrogen and oxygen atoms in total. The van der Waals surface area contributed by atoms with Crippen molar-refractivity contribution in [3.05, 3.63) is 188 Å². The highest BCUT2D eigenvalue weighted by molar-refractivity contribution is 6.20. The molecule has 0 aliphatic heterocycles. The fraction of sp³-hybridized carbons (Fsp3) is 0. The summed E-state index contributed by atoms with van der Waals surface area (Å²) in [5, 5.41) is 10.2. The van der Waals surface area contributed by atoms with Crippen LogP contribution in [0.3, 0.4) is 0 Å². The zero-order valence-electron chi connectivity index (χ0n) is 25.8. The third kappa shape index (κ3) is 4.90. The van der Waals surface area contributed by atoms with Crippen LogP contribution >= 0.6 is 0 Å². The van der Waals surface area contributed by atoms with E-state index in [1.165, 1.54) is 65.3 Å². The topological polar surface area (TPSA) is 3.24 Å². The molecule has 0 aromatic heterocycles. The Bertz CT molecular complexity index is 2540. The van der Waals surface area contributed by atoms with Crippen LogP contribution in [0.2, 0.25) is 0 Å². The lowest BCUT2D eigenvalue weighted by Crippen LogP contribution is -2.09. The summed E-state index contributed by atoms with van der Waals surface area (Å²) in [6.45, 7) is 0. The van der Waals surface area contributed by atoms with Crippen LogP contribution in [0.15, 0.2) is 188 Å². The number of nitrogens with zero attached hydrogens (tertiary/aromatic N) is 1. The highest BCUT2D eigenvalue weighted by atomic mass is 15.1. The molecule has 0 N–H and O–H groups in total. The standard InChI is InChI=1S/C46H31N/c1-2-11-41(12-3-1)47(42-26-22-33(23-27-42)39-20-14-32-8-4-5-10-38(32)30-39)43-28-24-34(25-29-43)40-21-17-36-16-19-37-18-15-35-9-6-7-13-44(35)46(37)45(36)31-40/h1-31H. The van der Waals surface area contributed by atoms with Crippen LogP contribution in [0.5, 0.6) is 0 Å². The molecule has 0 spiro atoms. The lowest BCUT2D eigenvalue weighted by molar-refractivity contribution is 1.28. The number of rotatable bonds is 5. The van der Waals surface area contributed by atoms with Gasteiger partial charge in [-0.05, 0) is 114 Å². The van der Waals surface area contributed by atoms with Gasteiger partial charge in [-0.3, -0.25) is 0 Å². The molecule has 1 heteroatoms. The molecule has 0 radical (unpaired) electrons. The molecule has 0 fully saturated rings. The van der Waals surface area contributed by atoms with Crippen molar-refractivity contribution in [3.8, 4) is 22.3 Å². The van der Waals surface area contributed by atoms with Gasteiger partial charge < -0.3 is 4.90 Å². The number of hydrogen-bond acceptors (Lipinski definition) is 1. The van der Waals surface area contributed by atoms with E-state index >= 15 is 0 Å². The van der Waals surface area contributed by atoms with Crippen LogP contribution in [0.1, 0.15) is 0 Å². The van der Waals surface area contributed by atoms with Crippen molar-refractivity contribution >= 4 is 60.2 Å². The monoisotopic (exact) mass is 597 g/mol. The van der Waals surface area contributed by atoms with Crippen LogP contribution in [0, 0.1) is 0 Å². The molecule has 0 atom stereocenters.